The van der Waals surface area contributed by atoms with Crippen LogP contribution in [0.1, 0.15) is 12.5 Å². The fourth-order valence-electron chi connectivity index (χ4n) is 1.29. The molecule has 0 aliphatic heterocycles. The summed E-state index contributed by atoms with van der Waals surface area (Å²) >= 11 is 0. The summed E-state index contributed by atoms with van der Waals surface area (Å²) in [6, 6.07) is 10.3. The summed E-state index contributed by atoms with van der Waals surface area (Å²) in [6.45, 7) is 1.93. The van der Waals surface area contributed by atoms with Gasteiger partial charge in [0.2, 0.25) is 0 Å². The molecule has 1 aromatic rings. The van der Waals surface area contributed by atoms with Gasteiger partial charge < -0.3 is 4.74 Å². The first-order chi connectivity index (χ1) is 7.26. The van der Waals surface area contributed by atoms with Gasteiger partial charge in [-0.15, -0.1) is 0 Å². The average Bonchev–Trinajstić information content (AvgIpc) is 2.29. The predicted molar refractivity (Wildman–Crippen MR) is 64.3 cm³/mol. The second-order valence-corrected chi connectivity index (χ2v) is 3.34. The Labute approximate surface area is 91.3 Å². The van der Waals surface area contributed by atoms with E-state index >= 15 is 0 Å². The van der Waals surface area contributed by atoms with Gasteiger partial charge >= 0.3 is 0 Å². The largest absolute Gasteiger partial charge is 0.501 e. The standard InChI is InChI=1S/C13H17NO/c1-11(15-3)9-13(14-2)10-12-7-5-4-6-8-12/h4-9H,10H2,1-3H3/b11-9-,14-13-. The zero-order valence-electron chi connectivity index (χ0n) is 9.53. The van der Waals surface area contributed by atoms with Crippen molar-refractivity contribution in [1.82, 2.24) is 0 Å². The Morgan fingerprint density at radius 1 is 1.33 bits per heavy atom. The summed E-state index contributed by atoms with van der Waals surface area (Å²) in [4.78, 5) is 4.23. The monoisotopic (exact) mass is 203 g/mol. The molecule has 0 spiro atoms. The van der Waals surface area contributed by atoms with E-state index in [4.69, 9.17) is 4.74 Å². The molecule has 1 rings (SSSR count). The molecular formula is C13H17NO. The molecule has 0 saturated carbocycles. The van der Waals surface area contributed by atoms with Crippen LogP contribution in [-0.2, 0) is 11.2 Å². The van der Waals surface area contributed by atoms with E-state index < -0.39 is 0 Å². The first-order valence-corrected chi connectivity index (χ1v) is 4.98. The molecule has 1 aromatic carbocycles. The van der Waals surface area contributed by atoms with E-state index in [9.17, 15) is 0 Å². The number of hydrogen-bond donors (Lipinski definition) is 0. The van der Waals surface area contributed by atoms with Gasteiger partial charge in [-0.25, -0.2) is 0 Å². The van der Waals surface area contributed by atoms with Crippen molar-refractivity contribution in [3.63, 3.8) is 0 Å². The van der Waals surface area contributed by atoms with Gasteiger partial charge in [-0.05, 0) is 18.6 Å². The summed E-state index contributed by atoms with van der Waals surface area (Å²) in [5.41, 5.74) is 2.29. The molecule has 15 heavy (non-hydrogen) atoms. The van der Waals surface area contributed by atoms with E-state index in [1.807, 2.05) is 31.2 Å². The quantitative estimate of drug-likeness (QED) is 0.544. The summed E-state index contributed by atoms with van der Waals surface area (Å²) in [5, 5.41) is 0. The van der Waals surface area contributed by atoms with E-state index in [1.165, 1.54) is 5.56 Å². The number of allylic oxidation sites excluding steroid dienone is 2. The number of ether oxygens (including phenoxy) is 1. The van der Waals surface area contributed by atoms with Crippen LogP contribution in [0, 0.1) is 0 Å². The highest BCUT2D eigenvalue weighted by molar-refractivity contribution is 5.96. The normalized spacial score (nSPS) is 12.7. The first kappa shape index (κ1) is 11.5. The Morgan fingerprint density at radius 3 is 2.53 bits per heavy atom. The predicted octanol–water partition coefficient (Wildman–Crippen LogP) is 2.85. The van der Waals surface area contributed by atoms with Crippen molar-refractivity contribution < 1.29 is 4.74 Å². The van der Waals surface area contributed by atoms with E-state index in [0.29, 0.717) is 0 Å². The third-order valence-electron chi connectivity index (χ3n) is 2.21. The molecule has 0 fully saturated rings. The smallest absolute Gasteiger partial charge is 0.0942 e. The Bertz CT molecular complexity index is 352. The second kappa shape index (κ2) is 6.02. The van der Waals surface area contributed by atoms with Crippen molar-refractivity contribution in [3.8, 4) is 0 Å². The minimum absolute atomic E-state index is 0.845. The summed E-state index contributed by atoms with van der Waals surface area (Å²) in [6.07, 6.45) is 2.81. The number of rotatable bonds is 4. The highest BCUT2D eigenvalue weighted by atomic mass is 16.5. The third kappa shape index (κ3) is 3.98. The van der Waals surface area contributed by atoms with Crippen molar-refractivity contribution in [2.75, 3.05) is 14.2 Å². The van der Waals surface area contributed by atoms with Gasteiger partial charge in [0.25, 0.3) is 0 Å². The van der Waals surface area contributed by atoms with Crippen molar-refractivity contribution in [1.29, 1.82) is 0 Å². The lowest BCUT2D eigenvalue weighted by molar-refractivity contribution is 0.294. The molecule has 2 nitrogen and oxygen atoms in total. The van der Waals surface area contributed by atoms with Gasteiger partial charge in [-0.1, -0.05) is 30.3 Å². The molecule has 0 unspecified atom stereocenters. The van der Waals surface area contributed by atoms with Crippen LogP contribution >= 0.6 is 0 Å². The van der Waals surface area contributed by atoms with Crippen molar-refractivity contribution >= 4 is 5.71 Å². The molecular weight excluding hydrogens is 186 g/mol. The molecule has 0 saturated heterocycles. The molecule has 0 N–H and O–H groups in total. The third-order valence-corrected chi connectivity index (χ3v) is 2.21. The zero-order valence-corrected chi connectivity index (χ0v) is 9.53. The van der Waals surface area contributed by atoms with E-state index in [2.05, 4.69) is 17.1 Å². The van der Waals surface area contributed by atoms with Gasteiger partial charge in [0.15, 0.2) is 0 Å². The fraction of sp³-hybridized carbons (Fsp3) is 0.308. The molecule has 0 atom stereocenters. The Morgan fingerprint density at radius 2 is 2.00 bits per heavy atom. The highest BCUT2D eigenvalue weighted by Crippen LogP contribution is 2.03. The van der Waals surface area contributed by atoms with Crippen LogP contribution in [-0.4, -0.2) is 19.9 Å². The number of benzene rings is 1. The van der Waals surface area contributed by atoms with Crippen LogP contribution in [0.25, 0.3) is 0 Å². The molecule has 80 valence electrons. The van der Waals surface area contributed by atoms with Crippen LogP contribution in [0.3, 0.4) is 0 Å². The van der Waals surface area contributed by atoms with E-state index in [1.54, 1.807) is 14.2 Å². The first-order valence-electron chi connectivity index (χ1n) is 4.98. The Balaban J connectivity index is 2.72. The lowest BCUT2D eigenvalue weighted by Gasteiger charge is -2.03. The molecule has 0 aromatic heterocycles. The molecule has 0 aliphatic carbocycles. The zero-order chi connectivity index (χ0) is 11.1. The minimum atomic E-state index is 0.845. The van der Waals surface area contributed by atoms with Crippen LogP contribution in [0.4, 0.5) is 0 Å². The number of hydrogen-bond acceptors (Lipinski definition) is 2. The van der Waals surface area contributed by atoms with Gasteiger partial charge in [0, 0.05) is 19.2 Å². The van der Waals surface area contributed by atoms with E-state index in [0.717, 1.165) is 17.9 Å². The second-order valence-electron chi connectivity index (χ2n) is 3.34. The fourth-order valence-corrected chi connectivity index (χ4v) is 1.29. The SMILES string of the molecule is C/N=C(/C=C(/C)OC)Cc1ccccc1. The highest BCUT2D eigenvalue weighted by Gasteiger charge is 1.98. The Hall–Kier alpha value is -1.57. The lowest BCUT2D eigenvalue weighted by Crippen LogP contribution is -2.01. The van der Waals surface area contributed by atoms with Gasteiger partial charge in [0.1, 0.15) is 0 Å². The van der Waals surface area contributed by atoms with Crippen LogP contribution in [0.5, 0.6) is 0 Å². The molecule has 0 radical (unpaired) electrons. The average molecular weight is 203 g/mol. The number of nitrogens with zero attached hydrogens (tertiary/aromatic N) is 1. The molecule has 0 amide bonds. The van der Waals surface area contributed by atoms with Crippen molar-refractivity contribution in [2.45, 2.75) is 13.3 Å². The molecule has 0 aliphatic rings. The topological polar surface area (TPSA) is 21.6 Å². The number of methoxy groups -OCH3 is 1. The minimum Gasteiger partial charge on any atom is -0.501 e. The lowest BCUT2D eigenvalue weighted by atomic mass is 10.1. The summed E-state index contributed by atoms with van der Waals surface area (Å²) in [7, 11) is 3.47. The molecule has 0 bridgehead atoms. The van der Waals surface area contributed by atoms with Gasteiger partial charge in [-0.3, -0.25) is 4.99 Å². The maximum Gasteiger partial charge on any atom is 0.0942 e. The van der Waals surface area contributed by atoms with Gasteiger partial charge in [-0.2, -0.15) is 0 Å². The van der Waals surface area contributed by atoms with E-state index in [-0.39, 0.29) is 0 Å². The summed E-state index contributed by atoms with van der Waals surface area (Å²) < 4.78 is 5.10. The number of aliphatic imine (C=N–C) groups is 1. The summed E-state index contributed by atoms with van der Waals surface area (Å²) in [5.74, 6) is 0.881. The molecule has 0 heterocycles. The van der Waals surface area contributed by atoms with Crippen molar-refractivity contribution in [2.24, 2.45) is 4.99 Å². The van der Waals surface area contributed by atoms with Crippen molar-refractivity contribution in [3.05, 3.63) is 47.7 Å². The molecule has 2 heteroatoms. The van der Waals surface area contributed by atoms with Crippen LogP contribution in [0.2, 0.25) is 0 Å². The Kier molecular flexibility index (Phi) is 4.61. The van der Waals surface area contributed by atoms with Crippen LogP contribution < -0.4 is 0 Å². The van der Waals surface area contributed by atoms with Gasteiger partial charge in [0.05, 0.1) is 12.9 Å². The van der Waals surface area contributed by atoms with Crippen LogP contribution in [0.15, 0.2) is 47.2 Å². The maximum atomic E-state index is 5.10. The maximum absolute atomic E-state index is 5.10.